The van der Waals surface area contributed by atoms with Gasteiger partial charge in [-0.05, 0) is 44.7 Å². The molecule has 38 heavy (non-hydrogen) atoms. The number of likely N-dealkylation sites (N-methyl/N-ethyl adjacent to an activating group) is 1. The van der Waals surface area contributed by atoms with Crippen LogP contribution in [0, 0.1) is 5.82 Å². The molecule has 1 aliphatic carbocycles. The van der Waals surface area contributed by atoms with Crippen molar-refractivity contribution >= 4 is 22.5 Å². The Hall–Kier alpha value is -2.45. The number of fused-ring (bicyclic) bond motifs is 1. The number of carbonyl (C=O) groups excluding carboxylic acids is 1. The zero-order valence-corrected chi connectivity index (χ0v) is 23.8. The monoisotopic (exact) mass is 529 g/mol. The van der Waals surface area contributed by atoms with Crippen molar-refractivity contribution in [2.24, 2.45) is 0 Å². The summed E-state index contributed by atoms with van der Waals surface area (Å²) in [7, 11) is 2.85. The van der Waals surface area contributed by atoms with Gasteiger partial charge in [0.25, 0.3) is 5.91 Å². The van der Waals surface area contributed by atoms with Crippen LogP contribution in [-0.4, -0.2) is 73.4 Å². The number of anilines is 1. The highest BCUT2D eigenvalue weighted by molar-refractivity contribution is 5.97. The summed E-state index contributed by atoms with van der Waals surface area (Å²) in [6.45, 7) is 10.5. The number of quaternary nitrogens is 1. The van der Waals surface area contributed by atoms with E-state index in [0.29, 0.717) is 11.2 Å². The van der Waals surface area contributed by atoms with E-state index in [-0.39, 0.29) is 17.0 Å². The van der Waals surface area contributed by atoms with Gasteiger partial charge in [0.1, 0.15) is 11.4 Å². The van der Waals surface area contributed by atoms with Crippen molar-refractivity contribution in [3.05, 3.63) is 39.9 Å². The molecule has 1 amide bonds. The average molecular weight is 530 g/mol. The third kappa shape index (κ3) is 6.23. The molecule has 1 saturated carbocycles. The molecule has 0 atom stereocenters. The van der Waals surface area contributed by atoms with Gasteiger partial charge in [0.05, 0.1) is 57.6 Å². The highest BCUT2D eigenvalue weighted by Gasteiger charge is 2.33. The van der Waals surface area contributed by atoms with E-state index in [1.54, 1.807) is 6.20 Å². The molecule has 1 aromatic carbocycles. The lowest BCUT2D eigenvalue weighted by Crippen LogP contribution is -2.60. The molecule has 0 spiro atoms. The quantitative estimate of drug-likeness (QED) is 0.195. The molecular weight excluding hydrogens is 483 g/mol. The fourth-order valence-corrected chi connectivity index (χ4v) is 5.89. The van der Waals surface area contributed by atoms with Crippen LogP contribution in [0.15, 0.2) is 23.1 Å². The Morgan fingerprint density at radius 2 is 1.74 bits per heavy atom. The van der Waals surface area contributed by atoms with E-state index in [4.69, 9.17) is 4.84 Å². The van der Waals surface area contributed by atoms with Gasteiger partial charge in [-0.25, -0.2) is 9.45 Å². The molecule has 4 rings (SSSR count). The van der Waals surface area contributed by atoms with E-state index < -0.39 is 17.2 Å². The van der Waals surface area contributed by atoms with Gasteiger partial charge in [-0.2, -0.15) is 0 Å². The summed E-state index contributed by atoms with van der Waals surface area (Å²) in [6, 6.07) is 3.40. The molecule has 1 aliphatic heterocycles. The lowest BCUT2D eigenvalue weighted by atomic mass is 10.1. The number of rotatable bonds is 13. The predicted octanol–water partition coefficient (Wildman–Crippen LogP) is 5.52. The van der Waals surface area contributed by atoms with Gasteiger partial charge in [-0.3, -0.25) is 14.4 Å². The molecule has 210 valence electrons. The standard InChI is InChI=1S/C30H46FN4O3/c1-5-7-8-9-10-11-12-17-35(6-2)18-15-33(16-19-35)28-21-27-24(20-26(28)31)29(36)25(30(37)32(3)38-4)22-34(27)23-13-14-23/h20-23H,5-19H2,1-4H3/q+1. The number of hydrogen-bond donors (Lipinski definition) is 0. The number of amides is 1. The molecule has 1 saturated heterocycles. The number of halogens is 1. The van der Waals surface area contributed by atoms with E-state index >= 15 is 4.39 Å². The largest absolute Gasteiger partial charge is 0.358 e. The number of piperazine rings is 1. The number of carbonyl (C=O) groups is 1. The van der Waals surface area contributed by atoms with E-state index in [1.165, 1.54) is 71.7 Å². The van der Waals surface area contributed by atoms with E-state index in [9.17, 15) is 9.59 Å². The van der Waals surface area contributed by atoms with Crippen molar-refractivity contribution in [3.8, 4) is 0 Å². The minimum absolute atomic E-state index is 0.00858. The normalized spacial score (nSPS) is 17.2. The number of aromatic nitrogens is 1. The Labute approximate surface area is 226 Å². The Balaban J connectivity index is 1.50. The first-order chi connectivity index (χ1) is 18.3. The smallest absolute Gasteiger partial charge is 0.282 e. The summed E-state index contributed by atoms with van der Waals surface area (Å²) < 4.78 is 18.6. The minimum atomic E-state index is -0.524. The van der Waals surface area contributed by atoms with Crippen LogP contribution in [0.4, 0.5) is 10.1 Å². The second-order valence-electron chi connectivity index (χ2n) is 11.3. The minimum Gasteiger partial charge on any atom is -0.358 e. The third-order valence-electron chi connectivity index (χ3n) is 8.77. The molecule has 1 aromatic heterocycles. The number of benzene rings is 1. The van der Waals surface area contributed by atoms with Gasteiger partial charge in [0, 0.05) is 24.7 Å². The molecule has 0 radical (unpaired) electrons. The fourth-order valence-electron chi connectivity index (χ4n) is 5.89. The number of hydroxylamine groups is 2. The zero-order chi connectivity index (χ0) is 27.3. The van der Waals surface area contributed by atoms with Crippen LogP contribution in [0.2, 0.25) is 0 Å². The van der Waals surface area contributed by atoms with Crippen molar-refractivity contribution in [2.45, 2.75) is 77.7 Å². The third-order valence-corrected chi connectivity index (χ3v) is 8.77. The van der Waals surface area contributed by atoms with Crippen LogP contribution in [0.3, 0.4) is 0 Å². The highest BCUT2D eigenvalue weighted by Crippen LogP contribution is 2.38. The van der Waals surface area contributed by atoms with Crippen LogP contribution in [0.5, 0.6) is 0 Å². The maximum absolute atomic E-state index is 15.5. The van der Waals surface area contributed by atoms with Gasteiger partial charge in [-0.1, -0.05) is 39.0 Å². The second-order valence-corrected chi connectivity index (χ2v) is 11.3. The van der Waals surface area contributed by atoms with Gasteiger partial charge in [-0.15, -0.1) is 0 Å². The van der Waals surface area contributed by atoms with Gasteiger partial charge >= 0.3 is 0 Å². The van der Waals surface area contributed by atoms with Crippen LogP contribution in [-0.2, 0) is 4.84 Å². The van der Waals surface area contributed by atoms with E-state index in [0.717, 1.165) is 55.1 Å². The molecule has 0 bridgehead atoms. The van der Waals surface area contributed by atoms with E-state index in [1.807, 2.05) is 10.6 Å². The molecule has 2 fully saturated rings. The first-order valence-electron chi connectivity index (χ1n) is 14.6. The SMILES string of the molecule is CCCCCCCCC[N+]1(CC)CCN(c2cc3c(cc2F)c(=O)c(C(=O)N(C)OC)cn3C2CC2)CC1. The Morgan fingerprint density at radius 3 is 2.34 bits per heavy atom. The average Bonchev–Trinajstić information content (AvgIpc) is 3.78. The summed E-state index contributed by atoms with van der Waals surface area (Å²) in [4.78, 5) is 33.2. The molecule has 2 aliphatic rings. The molecule has 7 nitrogen and oxygen atoms in total. The first-order valence-corrected chi connectivity index (χ1v) is 14.6. The molecule has 0 N–H and O–H groups in total. The predicted molar refractivity (Wildman–Crippen MR) is 151 cm³/mol. The summed E-state index contributed by atoms with van der Waals surface area (Å²) in [5, 5.41) is 1.28. The molecular formula is C30H46FN4O3+. The number of nitrogens with zero attached hydrogens (tertiary/aromatic N) is 4. The van der Waals surface area contributed by atoms with Gasteiger partial charge in [0.15, 0.2) is 0 Å². The fraction of sp³-hybridized carbons (Fsp3) is 0.667. The van der Waals surface area contributed by atoms with Crippen LogP contribution in [0.25, 0.3) is 10.9 Å². The highest BCUT2D eigenvalue weighted by atomic mass is 19.1. The van der Waals surface area contributed by atoms with Crippen LogP contribution in [0.1, 0.15) is 88.0 Å². The Bertz CT molecular complexity index is 1170. The summed E-state index contributed by atoms with van der Waals surface area (Å²) in [6.07, 6.45) is 12.8. The molecule has 8 heteroatoms. The van der Waals surface area contributed by atoms with Crippen LogP contribution >= 0.6 is 0 Å². The first kappa shape index (κ1) is 28.6. The number of pyridine rings is 1. The van der Waals surface area contributed by atoms with Crippen molar-refractivity contribution < 1.29 is 18.5 Å². The summed E-state index contributed by atoms with van der Waals surface area (Å²) in [5.41, 5.74) is 0.820. The zero-order valence-electron chi connectivity index (χ0n) is 23.8. The van der Waals surface area contributed by atoms with E-state index in [2.05, 4.69) is 18.7 Å². The molecule has 2 aromatic rings. The molecule has 2 heterocycles. The maximum atomic E-state index is 15.5. The Morgan fingerprint density at radius 1 is 1.08 bits per heavy atom. The van der Waals surface area contributed by atoms with Crippen molar-refractivity contribution in [1.82, 2.24) is 9.63 Å². The van der Waals surface area contributed by atoms with Gasteiger partial charge < -0.3 is 14.0 Å². The second kappa shape index (κ2) is 12.6. The molecule has 0 unspecified atom stereocenters. The topological polar surface area (TPSA) is 54.8 Å². The Kier molecular flexibility index (Phi) is 9.47. The maximum Gasteiger partial charge on any atom is 0.282 e. The number of unbranched alkanes of at least 4 members (excludes halogenated alkanes) is 6. The summed E-state index contributed by atoms with van der Waals surface area (Å²) in [5.74, 6) is -0.922. The lowest BCUT2D eigenvalue weighted by Gasteiger charge is -2.45. The number of hydrogen-bond acceptors (Lipinski definition) is 4. The van der Waals surface area contributed by atoms with Crippen molar-refractivity contribution in [1.29, 1.82) is 0 Å². The lowest BCUT2D eigenvalue weighted by molar-refractivity contribution is -0.927. The van der Waals surface area contributed by atoms with Crippen LogP contribution < -0.4 is 10.3 Å². The summed E-state index contributed by atoms with van der Waals surface area (Å²) >= 11 is 0. The van der Waals surface area contributed by atoms with Crippen molar-refractivity contribution in [2.75, 3.05) is 58.3 Å². The van der Waals surface area contributed by atoms with Crippen molar-refractivity contribution in [3.63, 3.8) is 0 Å². The van der Waals surface area contributed by atoms with Gasteiger partial charge in [0.2, 0.25) is 5.43 Å².